The van der Waals surface area contributed by atoms with Crippen LogP contribution in [0.25, 0.3) is 0 Å². The first-order valence-electron chi connectivity index (χ1n) is 8.11. The molecule has 0 spiro atoms. The molecule has 1 N–H and O–H groups in total. The molecule has 1 aliphatic heterocycles. The first kappa shape index (κ1) is 17.4. The van der Waals surface area contributed by atoms with Crippen LogP contribution in [-0.4, -0.2) is 30.8 Å². The number of aromatic nitrogens is 1. The number of sulfonamides is 1. The van der Waals surface area contributed by atoms with E-state index in [0.29, 0.717) is 23.9 Å². The summed E-state index contributed by atoms with van der Waals surface area (Å²) in [6.07, 6.45) is 4.32. The van der Waals surface area contributed by atoms with Crippen LogP contribution in [-0.2, 0) is 16.4 Å². The highest BCUT2D eigenvalue weighted by molar-refractivity contribution is 7.89. The number of piperidine rings is 1. The second kappa shape index (κ2) is 6.82. The van der Waals surface area contributed by atoms with Gasteiger partial charge in [0.05, 0.1) is 4.90 Å². The number of nitrogens with one attached hydrogen (secondary N) is 1. The largest absolute Gasteiger partial charge is 0.329 e. The fourth-order valence-electron chi connectivity index (χ4n) is 3.26. The van der Waals surface area contributed by atoms with Gasteiger partial charge in [-0.15, -0.1) is 11.3 Å². The molecule has 5 nitrogen and oxygen atoms in total. The first-order chi connectivity index (χ1) is 11.4. The highest BCUT2D eigenvalue weighted by Gasteiger charge is 2.31. The van der Waals surface area contributed by atoms with Crippen molar-refractivity contribution in [3.8, 4) is 0 Å². The molecule has 24 heavy (non-hydrogen) atoms. The third kappa shape index (κ3) is 3.63. The fourth-order valence-corrected chi connectivity index (χ4v) is 6.25. The Balaban J connectivity index is 1.65. The summed E-state index contributed by atoms with van der Waals surface area (Å²) in [6, 6.07) is 5.16. The molecule has 0 atom stereocenters. The van der Waals surface area contributed by atoms with Crippen LogP contribution in [0.1, 0.15) is 28.2 Å². The lowest BCUT2D eigenvalue weighted by Gasteiger charge is -2.31. The van der Waals surface area contributed by atoms with Crippen molar-refractivity contribution >= 4 is 21.4 Å². The average molecular weight is 367 g/mol. The molecular weight excluding hydrogens is 344 g/mol. The predicted octanol–water partition coefficient (Wildman–Crippen LogP) is 2.70. The molecule has 1 aliphatic rings. The SMILES string of the molecule is Cc1cc(S(=O)(=O)N2CCC(Cc3ccc(=O)[nH]c3)CC2)c(C)s1. The minimum Gasteiger partial charge on any atom is -0.329 e. The number of aromatic amines is 1. The van der Waals surface area contributed by atoms with Crippen molar-refractivity contribution in [2.24, 2.45) is 5.92 Å². The Kier molecular flexibility index (Phi) is 4.94. The Hall–Kier alpha value is -1.44. The van der Waals surface area contributed by atoms with Gasteiger partial charge in [0.1, 0.15) is 0 Å². The van der Waals surface area contributed by atoms with E-state index < -0.39 is 10.0 Å². The quantitative estimate of drug-likeness (QED) is 0.904. The van der Waals surface area contributed by atoms with E-state index in [-0.39, 0.29) is 5.56 Å². The lowest BCUT2D eigenvalue weighted by Crippen LogP contribution is -2.39. The summed E-state index contributed by atoms with van der Waals surface area (Å²) >= 11 is 1.53. The van der Waals surface area contributed by atoms with E-state index >= 15 is 0 Å². The van der Waals surface area contributed by atoms with E-state index in [2.05, 4.69) is 4.98 Å². The Morgan fingerprint density at radius 3 is 2.50 bits per heavy atom. The summed E-state index contributed by atoms with van der Waals surface area (Å²) in [5.41, 5.74) is 1.00. The number of hydrogen-bond donors (Lipinski definition) is 1. The zero-order chi connectivity index (χ0) is 17.3. The summed E-state index contributed by atoms with van der Waals surface area (Å²) in [7, 11) is -3.38. The molecule has 0 radical (unpaired) electrons. The van der Waals surface area contributed by atoms with Crippen LogP contribution in [0.2, 0.25) is 0 Å². The highest BCUT2D eigenvalue weighted by Crippen LogP contribution is 2.30. The lowest BCUT2D eigenvalue weighted by atomic mass is 9.92. The number of H-pyrrole nitrogens is 1. The zero-order valence-corrected chi connectivity index (χ0v) is 15.5. The second-order valence-corrected chi connectivity index (χ2v) is 9.76. The van der Waals surface area contributed by atoms with Crippen LogP contribution < -0.4 is 5.56 Å². The molecule has 1 saturated heterocycles. The minimum atomic E-state index is -3.38. The standard InChI is InChI=1S/C17H22N2O3S2/c1-12-9-16(13(2)23-12)24(21,22)19-7-5-14(6-8-19)10-15-3-4-17(20)18-11-15/h3-4,9,11,14H,5-8,10H2,1-2H3,(H,18,20). The van der Waals surface area contributed by atoms with Gasteiger partial charge in [-0.05, 0) is 50.7 Å². The van der Waals surface area contributed by atoms with Gasteiger partial charge in [0, 0.05) is 35.1 Å². The average Bonchev–Trinajstić information content (AvgIpc) is 2.89. The van der Waals surface area contributed by atoms with Crippen molar-refractivity contribution in [2.75, 3.05) is 13.1 Å². The molecule has 0 aromatic carbocycles. The van der Waals surface area contributed by atoms with Gasteiger partial charge in [0.15, 0.2) is 0 Å². The van der Waals surface area contributed by atoms with Crippen LogP contribution in [0.3, 0.4) is 0 Å². The third-order valence-electron chi connectivity index (χ3n) is 4.56. The number of nitrogens with zero attached hydrogens (tertiary/aromatic N) is 1. The van der Waals surface area contributed by atoms with Crippen molar-refractivity contribution in [1.82, 2.24) is 9.29 Å². The molecule has 3 heterocycles. The molecule has 0 unspecified atom stereocenters. The summed E-state index contributed by atoms with van der Waals surface area (Å²) in [5.74, 6) is 0.452. The molecule has 1 fully saturated rings. The summed E-state index contributed by atoms with van der Waals surface area (Å²) in [4.78, 5) is 16.1. The first-order valence-corrected chi connectivity index (χ1v) is 10.4. The zero-order valence-electron chi connectivity index (χ0n) is 13.9. The molecule has 0 amide bonds. The number of pyridine rings is 1. The predicted molar refractivity (Wildman–Crippen MR) is 96.0 cm³/mol. The van der Waals surface area contributed by atoms with E-state index in [4.69, 9.17) is 0 Å². The van der Waals surface area contributed by atoms with Crippen molar-refractivity contribution < 1.29 is 8.42 Å². The van der Waals surface area contributed by atoms with E-state index in [1.807, 2.05) is 19.9 Å². The van der Waals surface area contributed by atoms with Gasteiger partial charge in [-0.3, -0.25) is 4.79 Å². The summed E-state index contributed by atoms with van der Waals surface area (Å²) in [6.45, 7) is 4.93. The van der Waals surface area contributed by atoms with Crippen LogP contribution in [0.15, 0.2) is 34.1 Å². The van der Waals surface area contributed by atoms with Gasteiger partial charge < -0.3 is 4.98 Å². The van der Waals surface area contributed by atoms with Crippen molar-refractivity contribution in [3.63, 3.8) is 0 Å². The molecule has 3 rings (SSSR count). The van der Waals surface area contributed by atoms with E-state index in [9.17, 15) is 13.2 Å². The van der Waals surface area contributed by atoms with Gasteiger partial charge in [-0.2, -0.15) is 4.31 Å². The molecule has 130 valence electrons. The summed E-state index contributed by atoms with van der Waals surface area (Å²) in [5, 5.41) is 0. The van der Waals surface area contributed by atoms with Crippen molar-refractivity contribution in [2.45, 2.75) is 38.0 Å². The molecule has 2 aromatic heterocycles. The van der Waals surface area contributed by atoms with Crippen LogP contribution in [0, 0.1) is 19.8 Å². The fraction of sp³-hybridized carbons (Fsp3) is 0.471. The van der Waals surface area contributed by atoms with Crippen LogP contribution in [0.5, 0.6) is 0 Å². The van der Waals surface area contributed by atoms with Crippen LogP contribution >= 0.6 is 11.3 Å². The molecule has 7 heteroatoms. The third-order valence-corrected chi connectivity index (χ3v) is 7.68. The van der Waals surface area contributed by atoms with Gasteiger partial charge >= 0.3 is 0 Å². The molecule has 2 aromatic rings. The van der Waals surface area contributed by atoms with E-state index in [1.54, 1.807) is 16.6 Å². The summed E-state index contributed by atoms with van der Waals surface area (Å²) < 4.78 is 27.2. The van der Waals surface area contributed by atoms with Gasteiger partial charge in [-0.1, -0.05) is 6.07 Å². The van der Waals surface area contributed by atoms with Gasteiger partial charge in [0.25, 0.3) is 0 Å². The normalized spacial score (nSPS) is 17.2. The number of aryl methyl sites for hydroxylation is 2. The minimum absolute atomic E-state index is 0.0962. The number of hydrogen-bond acceptors (Lipinski definition) is 4. The maximum absolute atomic E-state index is 12.8. The van der Waals surface area contributed by atoms with Gasteiger partial charge in [0.2, 0.25) is 15.6 Å². The smallest absolute Gasteiger partial charge is 0.247 e. The lowest BCUT2D eigenvalue weighted by molar-refractivity contribution is 0.272. The number of thiophene rings is 1. The number of rotatable bonds is 4. The Morgan fingerprint density at radius 1 is 1.25 bits per heavy atom. The maximum atomic E-state index is 12.8. The Bertz CT molecular complexity index is 855. The molecular formula is C17H22N2O3S2. The van der Waals surface area contributed by atoms with Gasteiger partial charge in [-0.25, -0.2) is 8.42 Å². The molecule has 0 saturated carbocycles. The van der Waals surface area contributed by atoms with Crippen molar-refractivity contribution in [3.05, 3.63) is 50.1 Å². The van der Waals surface area contributed by atoms with Crippen molar-refractivity contribution in [1.29, 1.82) is 0 Å². The van der Waals surface area contributed by atoms with E-state index in [0.717, 1.165) is 34.6 Å². The van der Waals surface area contributed by atoms with Crippen LogP contribution in [0.4, 0.5) is 0 Å². The Morgan fingerprint density at radius 2 is 1.96 bits per heavy atom. The maximum Gasteiger partial charge on any atom is 0.247 e. The second-order valence-electron chi connectivity index (χ2n) is 6.39. The highest BCUT2D eigenvalue weighted by atomic mass is 32.2. The monoisotopic (exact) mass is 366 g/mol. The topological polar surface area (TPSA) is 70.2 Å². The Labute approximate surface area is 146 Å². The molecule has 0 aliphatic carbocycles. The van der Waals surface area contributed by atoms with E-state index in [1.165, 1.54) is 17.4 Å². The molecule has 0 bridgehead atoms.